The van der Waals surface area contributed by atoms with Crippen LogP contribution in [-0.2, 0) is 9.53 Å². The number of likely N-dealkylation sites (tertiary alicyclic amines) is 1. The predicted octanol–water partition coefficient (Wildman–Crippen LogP) is 0.879. The predicted molar refractivity (Wildman–Crippen MR) is 89.1 cm³/mol. The second kappa shape index (κ2) is 6.33. The molecule has 2 aliphatic rings. The molecule has 0 saturated carbocycles. The van der Waals surface area contributed by atoms with E-state index >= 15 is 0 Å². The van der Waals surface area contributed by atoms with Gasteiger partial charge < -0.3 is 14.7 Å². The lowest BCUT2D eigenvalue weighted by Crippen LogP contribution is -2.45. The Hall–Kier alpha value is -2.52. The van der Waals surface area contributed by atoms with Crippen LogP contribution in [0.5, 0.6) is 0 Å². The number of carbonyl (C=O) groups excluding carboxylic acids is 1. The Kier molecular flexibility index (Phi) is 4.12. The molecule has 2 fully saturated rings. The van der Waals surface area contributed by atoms with Crippen LogP contribution in [0.3, 0.4) is 0 Å². The minimum absolute atomic E-state index is 0.150. The van der Waals surface area contributed by atoms with Crippen molar-refractivity contribution in [3.63, 3.8) is 0 Å². The average Bonchev–Trinajstić information content (AvgIpc) is 3.29. The summed E-state index contributed by atoms with van der Waals surface area (Å²) in [7, 11) is 0. The molecule has 0 spiro atoms. The standard InChI is InChI=1S/C16H16ClN5O4/c17-11-1-2-13(22-9-18-19-20-22)12(5-11)14(23)21-6-10-7-26-4-3-16(10,8-21)15(24)25/h1-2,5,9-10H,3-4,6-8H2,(H,24,25)/t10-,16+/m0/s1. The highest BCUT2D eigenvalue weighted by atomic mass is 35.5. The Labute approximate surface area is 153 Å². The van der Waals surface area contributed by atoms with Gasteiger partial charge in [-0.05, 0) is 35.0 Å². The van der Waals surface area contributed by atoms with Gasteiger partial charge in [0.15, 0.2) is 0 Å². The van der Waals surface area contributed by atoms with Gasteiger partial charge in [0.05, 0.1) is 23.3 Å². The Morgan fingerprint density at radius 1 is 1.38 bits per heavy atom. The number of aromatic nitrogens is 4. The van der Waals surface area contributed by atoms with Gasteiger partial charge in [-0.2, -0.15) is 4.68 Å². The molecule has 9 nitrogen and oxygen atoms in total. The number of carboxylic acid groups (broad SMARTS) is 1. The molecule has 2 atom stereocenters. The van der Waals surface area contributed by atoms with Crippen molar-refractivity contribution in [1.82, 2.24) is 25.1 Å². The highest BCUT2D eigenvalue weighted by Gasteiger charge is 2.55. The van der Waals surface area contributed by atoms with Crippen molar-refractivity contribution in [3.05, 3.63) is 35.1 Å². The van der Waals surface area contributed by atoms with E-state index in [4.69, 9.17) is 16.3 Å². The number of hydrogen-bond donors (Lipinski definition) is 1. The molecular formula is C16H16ClN5O4. The van der Waals surface area contributed by atoms with Crippen molar-refractivity contribution in [2.24, 2.45) is 11.3 Å². The monoisotopic (exact) mass is 377 g/mol. The number of carbonyl (C=O) groups is 2. The third kappa shape index (κ3) is 2.63. The number of ether oxygens (including phenoxy) is 1. The number of fused-ring (bicyclic) bond motifs is 1. The maximum atomic E-state index is 13.2. The molecule has 0 aliphatic carbocycles. The first kappa shape index (κ1) is 16.9. The van der Waals surface area contributed by atoms with Crippen LogP contribution in [0.25, 0.3) is 5.69 Å². The van der Waals surface area contributed by atoms with E-state index in [0.29, 0.717) is 42.5 Å². The first-order chi connectivity index (χ1) is 12.5. The van der Waals surface area contributed by atoms with Crippen LogP contribution in [0.1, 0.15) is 16.8 Å². The molecule has 136 valence electrons. The van der Waals surface area contributed by atoms with E-state index < -0.39 is 11.4 Å². The summed E-state index contributed by atoms with van der Waals surface area (Å²) in [6.07, 6.45) is 1.78. The number of aliphatic carboxylic acids is 1. The van der Waals surface area contributed by atoms with Crippen LogP contribution in [0.4, 0.5) is 0 Å². The lowest BCUT2D eigenvalue weighted by atomic mass is 9.74. The summed E-state index contributed by atoms with van der Waals surface area (Å²) >= 11 is 6.08. The molecule has 2 saturated heterocycles. The number of benzene rings is 1. The topological polar surface area (TPSA) is 110 Å². The van der Waals surface area contributed by atoms with Crippen LogP contribution in [0, 0.1) is 11.3 Å². The Morgan fingerprint density at radius 3 is 2.92 bits per heavy atom. The zero-order chi connectivity index (χ0) is 18.3. The molecule has 1 aromatic heterocycles. The maximum absolute atomic E-state index is 13.2. The van der Waals surface area contributed by atoms with Gasteiger partial charge in [0, 0.05) is 30.6 Å². The minimum Gasteiger partial charge on any atom is -0.481 e. The molecule has 4 rings (SSSR count). The quantitative estimate of drug-likeness (QED) is 0.845. The Balaban J connectivity index is 1.69. The summed E-state index contributed by atoms with van der Waals surface area (Å²) in [5.41, 5.74) is -0.147. The van der Waals surface area contributed by atoms with Gasteiger partial charge in [0.1, 0.15) is 6.33 Å². The highest BCUT2D eigenvalue weighted by molar-refractivity contribution is 6.31. The summed E-state index contributed by atoms with van der Waals surface area (Å²) in [5, 5.41) is 21.2. The van der Waals surface area contributed by atoms with Gasteiger partial charge in [-0.1, -0.05) is 11.6 Å². The van der Waals surface area contributed by atoms with E-state index in [0.717, 1.165) is 0 Å². The fraction of sp³-hybridized carbons (Fsp3) is 0.438. The van der Waals surface area contributed by atoms with E-state index in [1.807, 2.05) is 0 Å². The van der Waals surface area contributed by atoms with Crippen molar-refractivity contribution >= 4 is 23.5 Å². The number of halogens is 1. The molecule has 0 unspecified atom stereocenters. The van der Waals surface area contributed by atoms with E-state index in [2.05, 4.69) is 15.5 Å². The first-order valence-corrected chi connectivity index (χ1v) is 8.52. The van der Waals surface area contributed by atoms with Gasteiger partial charge in [-0.3, -0.25) is 9.59 Å². The van der Waals surface area contributed by atoms with Crippen molar-refractivity contribution in [2.45, 2.75) is 6.42 Å². The molecule has 26 heavy (non-hydrogen) atoms. The number of tetrazole rings is 1. The van der Waals surface area contributed by atoms with Crippen molar-refractivity contribution < 1.29 is 19.4 Å². The average molecular weight is 378 g/mol. The van der Waals surface area contributed by atoms with Crippen LogP contribution in [0.15, 0.2) is 24.5 Å². The van der Waals surface area contributed by atoms with Gasteiger partial charge >= 0.3 is 5.97 Å². The molecule has 2 aromatic rings. The van der Waals surface area contributed by atoms with Crippen LogP contribution < -0.4 is 0 Å². The van der Waals surface area contributed by atoms with Crippen LogP contribution in [-0.4, -0.2) is 68.4 Å². The van der Waals surface area contributed by atoms with Crippen molar-refractivity contribution in [3.8, 4) is 5.69 Å². The summed E-state index contributed by atoms with van der Waals surface area (Å²) in [5.74, 6) is -1.41. The second-order valence-electron chi connectivity index (χ2n) is 6.58. The Morgan fingerprint density at radius 2 is 2.23 bits per heavy atom. The Bertz CT molecular complexity index is 858. The highest BCUT2D eigenvalue weighted by Crippen LogP contribution is 2.43. The zero-order valence-electron chi connectivity index (χ0n) is 13.7. The molecule has 2 aliphatic heterocycles. The smallest absolute Gasteiger partial charge is 0.311 e. The number of carboxylic acids is 1. The van der Waals surface area contributed by atoms with Crippen molar-refractivity contribution in [1.29, 1.82) is 0 Å². The van der Waals surface area contributed by atoms with E-state index in [-0.39, 0.29) is 18.4 Å². The molecule has 10 heteroatoms. The molecule has 1 aromatic carbocycles. The summed E-state index contributed by atoms with van der Waals surface area (Å²) in [6.45, 7) is 1.20. The first-order valence-electron chi connectivity index (χ1n) is 8.14. The lowest BCUT2D eigenvalue weighted by Gasteiger charge is -2.33. The molecule has 3 heterocycles. The number of rotatable bonds is 3. The van der Waals surface area contributed by atoms with Gasteiger partial charge in [0.25, 0.3) is 5.91 Å². The maximum Gasteiger partial charge on any atom is 0.311 e. The van der Waals surface area contributed by atoms with E-state index in [1.54, 1.807) is 23.1 Å². The van der Waals surface area contributed by atoms with Crippen LogP contribution in [0.2, 0.25) is 5.02 Å². The normalized spacial score (nSPS) is 25.1. The summed E-state index contributed by atoms with van der Waals surface area (Å²) in [6, 6.07) is 4.85. The van der Waals surface area contributed by atoms with E-state index in [9.17, 15) is 14.7 Å². The SMILES string of the molecule is O=C(c1cc(Cl)ccc1-n1cnnn1)N1C[C@H]2COCC[C@@]2(C(=O)O)C1. The largest absolute Gasteiger partial charge is 0.481 e. The number of nitrogens with zero attached hydrogens (tertiary/aromatic N) is 5. The fourth-order valence-corrected chi connectivity index (χ4v) is 3.95. The van der Waals surface area contributed by atoms with Gasteiger partial charge in [0.2, 0.25) is 0 Å². The summed E-state index contributed by atoms with van der Waals surface area (Å²) in [4.78, 5) is 26.7. The zero-order valence-corrected chi connectivity index (χ0v) is 14.5. The molecular weight excluding hydrogens is 362 g/mol. The van der Waals surface area contributed by atoms with Gasteiger partial charge in [-0.25, -0.2) is 0 Å². The minimum atomic E-state index is -0.957. The lowest BCUT2D eigenvalue weighted by molar-refractivity contribution is -0.157. The van der Waals surface area contributed by atoms with Crippen molar-refractivity contribution in [2.75, 3.05) is 26.3 Å². The summed E-state index contributed by atoms with van der Waals surface area (Å²) < 4.78 is 6.82. The molecule has 0 radical (unpaired) electrons. The third-order valence-electron chi connectivity index (χ3n) is 5.20. The van der Waals surface area contributed by atoms with E-state index in [1.165, 1.54) is 11.0 Å². The van der Waals surface area contributed by atoms with Gasteiger partial charge in [-0.15, -0.1) is 5.10 Å². The fourth-order valence-electron chi connectivity index (χ4n) is 3.78. The van der Waals surface area contributed by atoms with Crippen LogP contribution >= 0.6 is 11.6 Å². The molecule has 1 N–H and O–H groups in total. The molecule has 0 bridgehead atoms. The number of amides is 1. The number of hydrogen-bond acceptors (Lipinski definition) is 6. The molecule has 1 amide bonds. The second-order valence-corrected chi connectivity index (χ2v) is 7.02. The third-order valence-corrected chi connectivity index (χ3v) is 5.44.